The van der Waals surface area contributed by atoms with Crippen molar-refractivity contribution in [2.75, 3.05) is 0 Å². The van der Waals surface area contributed by atoms with Gasteiger partial charge in [-0.1, -0.05) is 24.3 Å². The summed E-state index contributed by atoms with van der Waals surface area (Å²) in [6.45, 7) is 0. The molecule has 120 valence electrons. The highest BCUT2D eigenvalue weighted by molar-refractivity contribution is 5.93. The molecule has 0 saturated carbocycles. The van der Waals surface area contributed by atoms with E-state index in [0.717, 1.165) is 33.6 Å². The summed E-state index contributed by atoms with van der Waals surface area (Å²) in [5.74, 6) is 0.649. The summed E-state index contributed by atoms with van der Waals surface area (Å²) in [6, 6.07) is 19.9. The van der Waals surface area contributed by atoms with Gasteiger partial charge >= 0.3 is 0 Å². The van der Waals surface area contributed by atoms with Gasteiger partial charge in [0.1, 0.15) is 0 Å². The van der Waals surface area contributed by atoms with Gasteiger partial charge in [-0.25, -0.2) is 0 Å². The molecule has 1 aromatic heterocycles. The zero-order chi connectivity index (χ0) is 17.3. The Morgan fingerprint density at radius 3 is 1.29 bits per heavy atom. The van der Waals surface area contributed by atoms with E-state index >= 15 is 0 Å². The van der Waals surface area contributed by atoms with Crippen molar-refractivity contribution < 1.29 is 10.8 Å². The van der Waals surface area contributed by atoms with Crippen LogP contribution in [-0.2, 0) is 7.05 Å². The Labute approximate surface area is 140 Å². The van der Waals surface area contributed by atoms with Crippen molar-refractivity contribution in [3.05, 3.63) is 71.8 Å². The number of nitrogens with zero attached hydrogens (tertiary/aromatic N) is 1. The Morgan fingerprint density at radius 1 is 0.667 bits per heavy atom. The highest BCUT2D eigenvalue weighted by Crippen LogP contribution is 2.28. The molecule has 0 unspecified atom stereocenters. The first kappa shape index (κ1) is 15.6. The van der Waals surface area contributed by atoms with Gasteiger partial charge in [0.25, 0.3) is 11.7 Å². The topological polar surface area (TPSA) is 108 Å². The Bertz CT molecular complexity index is 827. The third-order valence-electron chi connectivity index (χ3n) is 4.15. The van der Waals surface area contributed by atoms with Crippen LogP contribution in [0.5, 0.6) is 0 Å². The van der Waals surface area contributed by atoms with Crippen LogP contribution in [0.2, 0.25) is 0 Å². The number of amidine groups is 2. The molecule has 8 N–H and O–H groups in total. The van der Waals surface area contributed by atoms with E-state index in [4.69, 9.17) is 22.3 Å². The lowest BCUT2D eigenvalue weighted by atomic mass is 10.1. The molecule has 3 aromatic rings. The second-order valence-corrected chi connectivity index (χ2v) is 5.73. The highest BCUT2D eigenvalue weighted by atomic mass is 15.0. The molecule has 0 spiro atoms. The van der Waals surface area contributed by atoms with Crippen LogP contribution in [0.25, 0.3) is 22.5 Å². The van der Waals surface area contributed by atoms with Crippen molar-refractivity contribution in [1.82, 2.24) is 4.57 Å². The van der Waals surface area contributed by atoms with Crippen molar-refractivity contribution in [1.29, 1.82) is 0 Å². The van der Waals surface area contributed by atoms with Gasteiger partial charge in [0, 0.05) is 18.4 Å². The molecule has 0 aliphatic rings. The second-order valence-electron chi connectivity index (χ2n) is 5.73. The number of hydrogen-bond acceptors (Lipinski definition) is 0. The molecule has 0 aliphatic carbocycles. The van der Waals surface area contributed by atoms with Gasteiger partial charge < -0.3 is 4.57 Å². The molecule has 0 bridgehead atoms. The van der Waals surface area contributed by atoms with Crippen LogP contribution >= 0.6 is 0 Å². The summed E-state index contributed by atoms with van der Waals surface area (Å²) in [6.07, 6.45) is 0. The van der Waals surface area contributed by atoms with E-state index in [0.29, 0.717) is 11.7 Å². The van der Waals surface area contributed by atoms with Gasteiger partial charge in [0.05, 0.1) is 11.1 Å². The number of hydrogen-bond donors (Lipinski definition) is 4. The molecule has 0 atom stereocenters. The third kappa shape index (κ3) is 2.79. The second kappa shape index (κ2) is 6.04. The largest absolute Gasteiger partial charge is 0.344 e. The smallest absolute Gasteiger partial charge is 0.270 e. The van der Waals surface area contributed by atoms with E-state index in [2.05, 4.69) is 16.7 Å². The van der Waals surface area contributed by atoms with Crippen LogP contribution in [0.1, 0.15) is 11.1 Å². The average Bonchev–Trinajstić information content (AvgIpc) is 2.96. The first-order valence-electron chi connectivity index (χ1n) is 7.60. The van der Waals surface area contributed by atoms with Crippen LogP contribution in [-0.4, -0.2) is 16.2 Å². The van der Waals surface area contributed by atoms with Crippen molar-refractivity contribution >= 4 is 11.7 Å². The summed E-state index contributed by atoms with van der Waals surface area (Å²) < 4.78 is 2.15. The molecular formula is C19H21N5+2. The molecule has 0 fully saturated rings. The summed E-state index contributed by atoms with van der Waals surface area (Å²) in [4.78, 5) is 0. The maximum absolute atomic E-state index is 5.62. The Kier molecular flexibility index (Phi) is 3.92. The maximum atomic E-state index is 5.62. The molecule has 24 heavy (non-hydrogen) atoms. The van der Waals surface area contributed by atoms with Crippen LogP contribution in [0.3, 0.4) is 0 Å². The molecule has 5 nitrogen and oxygen atoms in total. The van der Waals surface area contributed by atoms with Gasteiger partial charge in [-0.2, -0.15) is 0 Å². The first-order chi connectivity index (χ1) is 11.5. The lowest BCUT2D eigenvalue weighted by Gasteiger charge is -2.09. The fourth-order valence-electron chi connectivity index (χ4n) is 2.76. The highest BCUT2D eigenvalue weighted by Gasteiger charge is 2.10. The lowest BCUT2D eigenvalue weighted by molar-refractivity contribution is -0.115. The van der Waals surface area contributed by atoms with Crippen molar-refractivity contribution in [3.8, 4) is 22.5 Å². The summed E-state index contributed by atoms with van der Waals surface area (Å²) in [5, 5.41) is 11.2. The fraction of sp³-hybridized carbons (Fsp3) is 0.0526. The molecule has 3 rings (SSSR count). The lowest BCUT2D eigenvalue weighted by Crippen LogP contribution is -2.46. The molecule has 0 saturated heterocycles. The molecule has 0 amide bonds. The number of rotatable bonds is 4. The number of aromatic nitrogens is 1. The Balaban J connectivity index is 1.96. The van der Waals surface area contributed by atoms with Crippen LogP contribution < -0.4 is 22.3 Å². The Hall–Kier alpha value is -3.34. The minimum absolute atomic E-state index is 0.324. The van der Waals surface area contributed by atoms with Crippen LogP contribution in [0.15, 0.2) is 60.7 Å². The molecule has 0 aliphatic heterocycles. The Morgan fingerprint density at radius 2 is 1.00 bits per heavy atom. The minimum Gasteiger partial charge on any atom is -0.344 e. The zero-order valence-electron chi connectivity index (χ0n) is 13.5. The average molecular weight is 319 g/mol. The maximum Gasteiger partial charge on any atom is 0.270 e. The van der Waals surface area contributed by atoms with Crippen molar-refractivity contribution in [2.24, 2.45) is 18.5 Å². The standard InChI is InChI=1S/C19H19N5/c1-24-16(12-2-6-14(7-3-12)18(20)21)10-11-17(24)13-4-8-15(9-5-13)19(22)23/h2-11H,1H3,(H3,20,21)(H3,22,23)/p+2. The molecule has 0 radical (unpaired) electrons. The molecule has 2 aromatic carbocycles. The van der Waals surface area contributed by atoms with Gasteiger partial charge in [-0.05, 0) is 47.5 Å². The van der Waals surface area contributed by atoms with Gasteiger partial charge in [-0.3, -0.25) is 22.3 Å². The van der Waals surface area contributed by atoms with Crippen molar-refractivity contribution in [3.63, 3.8) is 0 Å². The normalized spacial score (nSPS) is 10.5. The molecule has 1 heterocycles. The first-order valence-corrected chi connectivity index (χ1v) is 7.60. The van der Waals surface area contributed by atoms with E-state index < -0.39 is 0 Å². The predicted octanol–water partition coefficient (Wildman–Crippen LogP) is -0.712. The summed E-state index contributed by atoms with van der Waals surface area (Å²) in [5.41, 5.74) is 17.3. The predicted molar refractivity (Wildman–Crippen MR) is 96.7 cm³/mol. The minimum atomic E-state index is 0.324. The quantitative estimate of drug-likeness (QED) is 0.376. The van der Waals surface area contributed by atoms with E-state index in [1.54, 1.807) is 0 Å². The molecular weight excluding hydrogens is 298 g/mol. The van der Waals surface area contributed by atoms with E-state index in [1.165, 1.54) is 0 Å². The molecule has 5 heteroatoms. The third-order valence-corrected chi connectivity index (χ3v) is 4.15. The van der Waals surface area contributed by atoms with Gasteiger partial charge in [0.2, 0.25) is 0 Å². The van der Waals surface area contributed by atoms with Crippen molar-refractivity contribution in [2.45, 2.75) is 0 Å². The van der Waals surface area contributed by atoms with E-state index in [9.17, 15) is 0 Å². The van der Waals surface area contributed by atoms with Gasteiger partial charge in [-0.15, -0.1) is 0 Å². The number of nitrogens with two attached hydrogens (primary N) is 4. The monoisotopic (exact) mass is 319 g/mol. The number of benzene rings is 2. The van der Waals surface area contributed by atoms with Gasteiger partial charge in [0.15, 0.2) is 0 Å². The van der Waals surface area contributed by atoms with Crippen LogP contribution in [0, 0.1) is 0 Å². The summed E-state index contributed by atoms with van der Waals surface area (Å²) >= 11 is 0. The SMILES string of the molecule is Cn1c(-c2ccc(C(N)=[NH2+])cc2)ccc1-c1ccc(C(N)=[NH2+])cc1. The zero-order valence-corrected chi connectivity index (χ0v) is 13.5. The van der Waals surface area contributed by atoms with E-state index in [1.807, 2.05) is 55.6 Å². The fourth-order valence-corrected chi connectivity index (χ4v) is 2.76. The van der Waals surface area contributed by atoms with Crippen LogP contribution in [0.4, 0.5) is 0 Å². The van der Waals surface area contributed by atoms with E-state index in [-0.39, 0.29) is 0 Å². The summed E-state index contributed by atoms with van der Waals surface area (Å²) in [7, 11) is 2.04.